The molecule has 1 heterocycles. The van der Waals surface area contributed by atoms with E-state index in [1.165, 1.54) is 32.4 Å². The van der Waals surface area contributed by atoms with Gasteiger partial charge in [-0.3, -0.25) is 13.9 Å². The van der Waals surface area contributed by atoms with Gasteiger partial charge in [0.2, 0.25) is 5.95 Å². The van der Waals surface area contributed by atoms with Gasteiger partial charge in [-0.25, -0.2) is 19.2 Å². The van der Waals surface area contributed by atoms with Crippen molar-refractivity contribution in [3.63, 3.8) is 0 Å². The number of benzene rings is 2. The average Bonchev–Trinajstić information content (AvgIpc) is 3.04. The van der Waals surface area contributed by atoms with Crippen molar-refractivity contribution in [2.75, 3.05) is 25.6 Å². The molecule has 0 aliphatic heterocycles. The Morgan fingerprint density at radius 2 is 1.73 bits per heavy atom. The van der Waals surface area contributed by atoms with Crippen LogP contribution in [0.1, 0.15) is 70.2 Å². The first kappa shape index (κ1) is 39.8. The quantitative estimate of drug-likeness (QED) is 0.0256. The van der Waals surface area contributed by atoms with Crippen LogP contribution >= 0.6 is 12.2 Å². The minimum atomic E-state index is -2.32. The van der Waals surface area contributed by atoms with Gasteiger partial charge in [0.15, 0.2) is 26.3 Å². The Bertz CT molecular complexity index is 1600. The summed E-state index contributed by atoms with van der Waals surface area (Å²) in [7, 11) is 2.10. The van der Waals surface area contributed by atoms with Crippen LogP contribution in [-0.4, -0.2) is 57.4 Å². The van der Waals surface area contributed by atoms with E-state index >= 15 is 0 Å². The van der Waals surface area contributed by atoms with Gasteiger partial charge < -0.3 is 13.9 Å². The van der Waals surface area contributed by atoms with Gasteiger partial charge in [-0.15, -0.1) is 4.33 Å². The molecule has 1 aromatic heterocycles. The lowest BCUT2D eigenvalue weighted by Gasteiger charge is -2.39. The fourth-order valence-corrected chi connectivity index (χ4v) is 6.22. The average molecular weight is 714 g/mol. The van der Waals surface area contributed by atoms with E-state index < -0.39 is 26.2 Å². The van der Waals surface area contributed by atoms with E-state index in [0.717, 1.165) is 17.8 Å². The molecule has 0 aliphatic carbocycles. The molecule has 1 atom stereocenters. The monoisotopic (exact) mass is 713 g/mol. The summed E-state index contributed by atoms with van der Waals surface area (Å²) in [5, 5.41) is -0.129. The van der Waals surface area contributed by atoms with Gasteiger partial charge in [-0.1, -0.05) is 65.0 Å². The van der Waals surface area contributed by atoms with Crippen LogP contribution in [0, 0.1) is 5.82 Å². The Hall–Kier alpha value is -3.62. The number of methoxy groups -OCH3 is 1. The van der Waals surface area contributed by atoms with E-state index in [4.69, 9.17) is 33.1 Å². The molecule has 49 heavy (non-hydrogen) atoms. The molecule has 0 N–H and O–H groups in total. The third-order valence-electron chi connectivity index (χ3n) is 8.19. The zero-order valence-electron chi connectivity index (χ0n) is 30.0. The Labute approximate surface area is 294 Å². The summed E-state index contributed by atoms with van der Waals surface area (Å²) in [6.07, 6.45) is 2.39. The maximum atomic E-state index is 14.7. The molecule has 266 valence electrons. The summed E-state index contributed by atoms with van der Waals surface area (Å²) >= 11 is 0.886. The molecule has 3 rings (SSSR count). The fourth-order valence-electron chi connectivity index (χ4n) is 4.57. The van der Waals surface area contributed by atoms with Crippen LogP contribution in [0.25, 0.3) is 17.3 Å². The summed E-state index contributed by atoms with van der Waals surface area (Å²) in [5.74, 6) is -0.722. The fraction of sp³-hybridized carbons (Fsp3) is 0.444. The van der Waals surface area contributed by atoms with Gasteiger partial charge in [-0.05, 0) is 53.9 Å². The molecule has 13 heteroatoms. The van der Waals surface area contributed by atoms with E-state index in [1.54, 1.807) is 23.5 Å². The van der Waals surface area contributed by atoms with Crippen molar-refractivity contribution in [2.45, 2.75) is 84.2 Å². The standard InChI is InChI=1S/C36H48FN3O7SSi/c1-24(2)33-30(19-17-27(41)21-28(22-32(42)43-7)46-49(9,10)36(3,4)5)34(39-35(38-33)40(6)48-47-44-8)29-18-16-26(37)20-31(29)45-23-25-14-12-11-13-15-25/h11-20,24,28H,21-23H2,1-10H3/t28-/m1/s1. The summed E-state index contributed by atoms with van der Waals surface area (Å²) < 4.78 is 38.9. The molecule has 2 aromatic carbocycles. The lowest BCUT2D eigenvalue weighted by molar-refractivity contribution is -0.160. The Morgan fingerprint density at radius 1 is 1.04 bits per heavy atom. The molecule has 0 saturated carbocycles. The second-order valence-electron chi connectivity index (χ2n) is 13.3. The number of esters is 1. The van der Waals surface area contributed by atoms with Gasteiger partial charge in [0.05, 0.1) is 38.1 Å². The van der Waals surface area contributed by atoms with Crippen LogP contribution < -0.4 is 9.04 Å². The highest BCUT2D eigenvalue weighted by Crippen LogP contribution is 2.39. The SMILES string of the molecule is COOSN(C)c1nc(-c2ccc(F)cc2OCc2ccccc2)c(C=CC(=O)C[C@H](CC(=O)OC)O[Si](C)(C)C(C)(C)C)c(C(C)C)n1. The number of nitrogens with zero attached hydrogens (tertiary/aromatic N) is 3. The van der Waals surface area contributed by atoms with Crippen molar-refractivity contribution in [3.8, 4) is 17.0 Å². The lowest BCUT2D eigenvalue weighted by Crippen LogP contribution is -2.44. The molecule has 0 fully saturated rings. The molecular formula is C36H48FN3O7SSi. The number of halogens is 1. The minimum Gasteiger partial charge on any atom is -0.488 e. The largest absolute Gasteiger partial charge is 0.488 e. The van der Waals surface area contributed by atoms with E-state index in [1.807, 2.05) is 44.2 Å². The zero-order valence-corrected chi connectivity index (χ0v) is 31.9. The zero-order chi connectivity index (χ0) is 36.4. The van der Waals surface area contributed by atoms with Gasteiger partial charge in [0.1, 0.15) is 18.2 Å². The van der Waals surface area contributed by atoms with Gasteiger partial charge in [0, 0.05) is 30.7 Å². The van der Waals surface area contributed by atoms with E-state index in [2.05, 4.69) is 33.9 Å². The Kier molecular flexibility index (Phi) is 14.5. The van der Waals surface area contributed by atoms with Crippen molar-refractivity contribution in [3.05, 3.63) is 77.2 Å². The van der Waals surface area contributed by atoms with Gasteiger partial charge in [0.25, 0.3) is 0 Å². The van der Waals surface area contributed by atoms with Crippen LogP contribution in [0.15, 0.2) is 54.6 Å². The maximum absolute atomic E-state index is 14.7. The normalized spacial score (nSPS) is 12.7. The first-order valence-corrected chi connectivity index (χ1v) is 19.6. The minimum absolute atomic E-state index is 0.0287. The van der Waals surface area contributed by atoms with Crippen LogP contribution in [0.3, 0.4) is 0 Å². The molecular weight excluding hydrogens is 666 g/mol. The van der Waals surface area contributed by atoms with Crippen molar-refractivity contribution in [2.24, 2.45) is 0 Å². The van der Waals surface area contributed by atoms with Gasteiger partial charge in [-0.2, -0.15) is 0 Å². The summed E-state index contributed by atoms with van der Waals surface area (Å²) in [4.78, 5) is 40.3. The third kappa shape index (κ3) is 11.5. The van der Waals surface area contributed by atoms with Crippen molar-refractivity contribution < 1.29 is 37.1 Å². The second kappa shape index (κ2) is 17.9. The number of hydrogen-bond acceptors (Lipinski definition) is 11. The number of rotatable bonds is 17. The number of aromatic nitrogens is 2. The predicted octanol–water partition coefficient (Wildman–Crippen LogP) is 8.49. The number of hydrogen-bond donors (Lipinski definition) is 0. The van der Waals surface area contributed by atoms with E-state index in [0.29, 0.717) is 28.5 Å². The summed E-state index contributed by atoms with van der Waals surface area (Å²) in [6.45, 7) is 14.6. The number of ketones is 1. The highest BCUT2D eigenvalue weighted by atomic mass is 32.2. The number of anilines is 1. The third-order valence-corrected chi connectivity index (χ3v) is 13.3. The van der Waals surface area contributed by atoms with Crippen LogP contribution in [-0.2, 0) is 34.6 Å². The summed E-state index contributed by atoms with van der Waals surface area (Å²) in [6, 6.07) is 13.8. The maximum Gasteiger partial charge on any atom is 0.308 e. The van der Waals surface area contributed by atoms with Crippen molar-refractivity contribution in [1.82, 2.24) is 9.97 Å². The van der Waals surface area contributed by atoms with E-state index in [9.17, 15) is 14.0 Å². The highest BCUT2D eigenvalue weighted by molar-refractivity contribution is 7.95. The molecule has 3 aromatic rings. The molecule has 0 unspecified atom stereocenters. The molecule has 10 nitrogen and oxygen atoms in total. The predicted molar refractivity (Wildman–Crippen MR) is 194 cm³/mol. The van der Waals surface area contributed by atoms with Crippen LogP contribution in [0.2, 0.25) is 18.1 Å². The van der Waals surface area contributed by atoms with E-state index in [-0.39, 0.29) is 41.9 Å². The van der Waals surface area contributed by atoms with Crippen molar-refractivity contribution in [1.29, 1.82) is 0 Å². The molecule has 0 spiro atoms. The lowest BCUT2D eigenvalue weighted by atomic mass is 9.97. The van der Waals surface area contributed by atoms with Crippen molar-refractivity contribution >= 4 is 44.3 Å². The molecule has 0 radical (unpaired) electrons. The first-order valence-electron chi connectivity index (χ1n) is 16.0. The summed E-state index contributed by atoms with van der Waals surface area (Å²) in [5.41, 5.74) is 3.03. The first-order chi connectivity index (χ1) is 23.1. The molecule has 0 amide bonds. The Morgan fingerprint density at radius 3 is 2.35 bits per heavy atom. The number of carbonyl (C=O) groups is 2. The number of carbonyl (C=O) groups excluding carboxylic acids is 2. The topological polar surface area (TPSA) is 109 Å². The highest BCUT2D eigenvalue weighted by Gasteiger charge is 2.40. The molecule has 0 saturated heterocycles. The Balaban J connectivity index is 2.12. The molecule has 0 bridgehead atoms. The van der Waals surface area contributed by atoms with Gasteiger partial charge >= 0.3 is 5.97 Å². The second-order valence-corrected chi connectivity index (χ2v) is 18.9. The smallest absolute Gasteiger partial charge is 0.308 e. The number of allylic oxidation sites excluding steroid dienone is 1. The van der Waals surface area contributed by atoms with Crippen LogP contribution in [0.5, 0.6) is 5.75 Å². The van der Waals surface area contributed by atoms with Crippen LogP contribution in [0.4, 0.5) is 10.3 Å². The molecule has 0 aliphatic rings. The number of ether oxygens (including phenoxy) is 2.